The zero-order chi connectivity index (χ0) is 15.6. The maximum Gasteiger partial charge on any atom is 0.420 e. The molecular formula is C15H20F3NO2. The van der Waals surface area contributed by atoms with Crippen molar-refractivity contribution in [1.29, 1.82) is 0 Å². The van der Waals surface area contributed by atoms with Gasteiger partial charge in [0.15, 0.2) is 0 Å². The van der Waals surface area contributed by atoms with E-state index in [1.54, 1.807) is 0 Å². The average molecular weight is 303 g/mol. The van der Waals surface area contributed by atoms with Crippen LogP contribution in [0.15, 0.2) is 12.1 Å². The van der Waals surface area contributed by atoms with Gasteiger partial charge in [0.25, 0.3) is 0 Å². The molecule has 1 aliphatic rings. The second-order valence-corrected chi connectivity index (χ2v) is 5.49. The molecule has 1 heterocycles. The molecule has 1 aliphatic heterocycles. The normalized spacial score (nSPS) is 23.0. The van der Waals surface area contributed by atoms with E-state index < -0.39 is 11.7 Å². The number of hydrogen-bond acceptors (Lipinski definition) is 3. The van der Waals surface area contributed by atoms with Gasteiger partial charge in [-0.2, -0.15) is 13.2 Å². The van der Waals surface area contributed by atoms with Crippen LogP contribution in [0.4, 0.5) is 13.2 Å². The van der Waals surface area contributed by atoms with E-state index >= 15 is 0 Å². The van der Waals surface area contributed by atoms with Gasteiger partial charge in [0.1, 0.15) is 17.1 Å². The highest BCUT2D eigenvalue weighted by molar-refractivity contribution is 5.49. The molecule has 2 rings (SSSR count). The SMILES string of the molecule is COc1cc(C(F)(F)F)c(OC)cc1[C@@H]1CNC[C@@H](C)C1. The van der Waals surface area contributed by atoms with E-state index in [-0.39, 0.29) is 17.4 Å². The summed E-state index contributed by atoms with van der Waals surface area (Å²) < 4.78 is 49.2. The average Bonchev–Trinajstić information content (AvgIpc) is 2.44. The summed E-state index contributed by atoms with van der Waals surface area (Å²) in [7, 11) is 2.65. The molecule has 1 fully saturated rings. The summed E-state index contributed by atoms with van der Waals surface area (Å²) in [6.45, 7) is 3.78. The van der Waals surface area contributed by atoms with Gasteiger partial charge in [0.05, 0.1) is 14.2 Å². The van der Waals surface area contributed by atoms with Gasteiger partial charge >= 0.3 is 6.18 Å². The third-order valence-electron chi connectivity index (χ3n) is 3.87. The third-order valence-corrected chi connectivity index (χ3v) is 3.87. The van der Waals surface area contributed by atoms with E-state index in [4.69, 9.17) is 9.47 Å². The smallest absolute Gasteiger partial charge is 0.420 e. The lowest BCUT2D eigenvalue weighted by Crippen LogP contribution is -2.34. The Morgan fingerprint density at radius 1 is 1.10 bits per heavy atom. The van der Waals surface area contributed by atoms with Crippen molar-refractivity contribution in [2.75, 3.05) is 27.3 Å². The first-order valence-electron chi connectivity index (χ1n) is 6.90. The Balaban J connectivity index is 2.46. The fourth-order valence-electron chi connectivity index (χ4n) is 2.86. The van der Waals surface area contributed by atoms with E-state index in [2.05, 4.69) is 12.2 Å². The molecule has 0 spiro atoms. The molecule has 1 aromatic rings. The van der Waals surface area contributed by atoms with Crippen LogP contribution in [0.2, 0.25) is 0 Å². The second-order valence-electron chi connectivity index (χ2n) is 5.49. The summed E-state index contributed by atoms with van der Waals surface area (Å²) in [5, 5.41) is 3.30. The molecule has 0 unspecified atom stereocenters. The lowest BCUT2D eigenvalue weighted by atomic mass is 9.85. The molecule has 0 radical (unpaired) electrons. The number of methoxy groups -OCH3 is 2. The number of rotatable bonds is 3. The Labute approximate surface area is 122 Å². The Morgan fingerprint density at radius 3 is 2.29 bits per heavy atom. The number of halogens is 3. The minimum Gasteiger partial charge on any atom is -0.496 e. The van der Waals surface area contributed by atoms with Crippen LogP contribution >= 0.6 is 0 Å². The summed E-state index contributed by atoms with van der Waals surface area (Å²) in [5.41, 5.74) is -0.0381. The Kier molecular flexibility index (Phi) is 4.66. The van der Waals surface area contributed by atoms with Crippen LogP contribution < -0.4 is 14.8 Å². The van der Waals surface area contributed by atoms with Gasteiger partial charge in [-0.25, -0.2) is 0 Å². The van der Waals surface area contributed by atoms with E-state index in [0.29, 0.717) is 5.92 Å². The first kappa shape index (κ1) is 15.9. The quantitative estimate of drug-likeness (QED) is 0.928. The van der Waals surface area contributed by atoms with Crippen molar-refractivity contribution in [3.05, 3.63) is 23.3 Å². The van der Waals surface area contributed by atoms with Crippen molar-refractivity contribution < 1.29 is 22.6 Å². The largest absolute Gasteiger partial charge is 0.496 e. The highest BCUT2D eigenvalue weighted by Gasteiger charge is 2.36. The van der Waals surface area contributed by atoms with Gasteiger partial charge in [-0.05, 0) is 31.0 Å². The number of hydrogen-bond donors (Lipinski definition) is 1. The van der Waals surface area contributed by atoms with Crippen LogP contribution in [0.1, 0.15) is 30.4 Å². The van der Waals surface area contributed by atoms with Crippen LogP contribution in [-0.4, -0.2) is 27.3 Å². The van der Waals surface area contributed by atoms with E-state index in [9.17, 15) is 13.2 Å². The van der Waals surface area contributed by atoms with Crippen molar-refractivity contribution in [3.8, 4) is 11.5 Å². The number of piperidine rings is 1. The van der Waals surface area contributed by atoms with Crippen molar-refractivity contribution in [2.45, 2.75) is 25.4 Å². The van der Waals surface area contributed by atoms with Crippen LogP contribution in [0.25, 0.3) is 0 Å². The fraction of sp³-hybridized carbons (Fsp3) is 0.600. The second kappa shape index (κ2) is 6.13. The van der Waals surface area contributed by atoms with Crippen LogP contribution in [0, 0.1) is 5.92 Å². The first-order chi connectivity index (χ1) is 9.86. The number of alkyl halides is 3. The Morgan fingerprint density at radius 2 is 1.76 bits per heavy atom. The molecule has 0 bridgehead atoms. The lowest BCUT2D eigenvalue weighted by Gasteiger charge is -2.29. The van der Waals surface area contributed by atoms with E-state index in [1.165, 1.54) is 20.3 Å². The lowest BCUT2D eigenvalue weighted by molar-refractivity contribution is -0.138. The van der Waals surface area contributed by atoms with Crippen LogP contribution in [-0.2, 0) is 6.18 Å². The summed E-state index contributed by atoms with van der Waals surface area (Å²) in [5.74, 6) is 0.710. The number of benzene rings is 1. The molecule has 1 saturated heterocycles. The molecule has 0 aliphatic carbocycles. The predicted octanol–water partition coefficient (Wildman–Crippen LogP) is 3.44. The molecule has 21 heavy (non-hydrogen) atoms. The maximum absolute atomic E-state index is 13.0. The highest BCUT2D eigenvalue weighted by atomic mass is 19.4. The molecule has 0 saturated carbocycles. The molecule has 3 nitrogen and oxygen atoms in total. The van der Waals surface area contributed by atoms with Crippen molar-refractivity contribution in [2.24, 2.45) is 5.92 Å². The molecular weight excluding hydrogens is 283 g/mol. The zero-order valence-corrected chi connectivity index (χ0v) is 12.4. The molecule has 2 atom stereocenters. The fourth-order valence-corrected chi connectivity index (χ4v) is 2.86. The molecule has 6 heteroatoms. The molecule has 0 amide bonds. The predicted molar refractivity (Wildman–Crippen MR) is 73.9 cm³/mol. The van der Waals surface area contributed by atoms with Crippen molar-refractivity contribution >= 4 is 0 Å². The summed E-state index contributed by atoms with van der Waals surface area (Å²) >= 11 is 0. The number of ether oxygens (including phenoxy) is 2. The zero-order valence-electron chi connectivity index (χ0n) is 12.4. The first-order valence-corrected chi connectivity index (χ1v) is 6.90. The monoisotopic (exact) mass is 303 g/mol. The summed E-state index contributed by atoms with van der Waals surface area (Å²) in [6, 6.07) is 2.50. The van der Waals surface area contributed by atoms with Gasteiger partial charge in [0, 0.05) is 18.0 Å². The minimum atomic E-state index is -4.46. The number of nitrogens with one attached hydrogen (secondary N) is 1. The molecule has 1 N–H and O–H groups in total. The van der Waals surface area contributed by atoms with Gasteiger partial charge in [-0.1, -0.05) is 6.92 Å². The van der Waals surface area contributed by atoms with Crippen molar-refractivity contribution in [3.63, 3.8) is 0 Å². The Bertz CT molecular complexity index is 502. The van der Waals surface area contributed by atoms with Crippen LogP contribution in [0.3, 0.4) is 0 Å². The van der Waals surface area contributed by atoms with Crippen molar-refractivity contribution in [1.82, 2.24) is 5.32 Å². The maximum atomic E-state index is 13.0. The highest BCUT2D eigenvalue weighted by Crippen LogP contribution is 2.43. The van der Waals surface area contributed by atoms with Gasteiger partial charge < -0.3 is 14.8 Å². The van der Waals surface area contributed by atoms with E-state index in [1.807, 2.05) is 0 Å². The summed E-state index contributed by atoms with van der Waals surface area (Å²) in [4.78, 5) is 0. The third kappa shape index (κ3) is 3.43. The van der Waals surface area contributed by atoms with Gasteiger partial charge in [-0.3, -0.25) is 0 Å². The molecule has 118 valence electrons. The topological polar surface area (TPSA) is 30.5 Å². The van der Waals surface area contributed by atoms with E-state index in [0.717, 1.165) is 31.1 Å². The minimum absolute atomic E-state index is 0.125. The standard InChI is InChI=1S/C15H20F3NO2/c1-9-4-10(8-19-7-9)11-5-14(21-3)12(15(16,17)18)6-13(11)20-2/h5-6,9-10,19H,4,7-8H2,1-3H3/t9-,10-/m0/s1. The van der Waals surface area contributed by atoms with Crippen LogP contribution in [0.5, 0.6) is 11.5 Å². The molecule has 1 aromatic carbocycles. The van der Waals surface area contributed by atoms with Gasteiger partial charge in [-0.15, -0.1) is 0 Å². The molecule has 0 aromatic heterocycles. The van der Waals surface area contributed by atoms with Gasteiger partial charge in [0.2, 0.25) is 0 Å². The summed E-state index contributed by atoms with van der Waals surface area (Å²) in [6.07, 6.45) is -3.55. The Hall–Kier alpha value is -1.43.